The lowest BCUT2D eigenvalue weighted by atomic mass is 10.3. The van der Waals surface area contributed by atoms with Crippen molar-refractivity contribution in [2.24, 2.45) is 0 Å². The molecule has 0 aromatic heterocycles. The van der Waals surface area contributed by atoms with Crippen LogP contribution in [0.15, 0.2) is 0 Å². The van der Waals surface area contributed by atoms with Gasteiger partial charge in [0, 0.05) is 13.2 Å². The molecule has 0 aromatic carbocycles. The summed E-state index contributed by atoms with van der Waals surface area (Å²) in [6.45, 7) is 9.15. The van der Waals surface area contributed by atoms with Gasteiger partial charge >= 0.3 is 0 Å². The van der Waals surface area contributed by atoms with Gasteiger partial charge in [0.15, 0.2) is 0 Å². The fraction of sp³-hybridized carbons (Fsp3) is 0.750. The Labute approximate surface area is 58.4 Å². The third-order valence-corrected chi connectivity index (χ3v) is 1.08. The summed E-state index contributed by atoms with van der Waals surface area (Å²) in [6.07, 6.45) is 4.11. The van der Waals surface area contributed by atoms with Crippen molar-refractivity contribution in [2.75, 3.05) is 13.2 Å². The molecule has 9 heavy (non-hydrogen) atoms. The van der Waals surface area contributed by atoms with Crippen LogP contribution in [-0.4, -0.2) is 13.2 Å². The minimum atomic E-state index is 0.865. The maximum atomic E-state index is 5.23. The van der Waals surface area contributed by atoms with E-state index >= 15 is 0 Å². The number of hydrogen-bond donors (Lipinski definition) is 0. The lowest BCUT2D eigenvalue weighted by Gasteiger charge is -1.99. The second kappa shape index (κ2) is 7.96. The predicted molar refractivity (Wildman–Crippen MR) is 40.0 cm³/mol. The summed E-state index contributed by atoms with van der Waals surface area (Å²) in [5.74, 6) is 0. The van der Waals surface area contributed by atoms with E-state index in [2.05, 4.69) is 13.8 Å². The van der Waals surface area contributed by atoms with Crippen LogP contribution in [0.4, 0.5) is 0 Å². The van der Waals surface area contributed by atoms with Gasteiger partial charge in [0.1, 0.15) is 0 Å². The summed E-state index contributed by atoms with van der Waals surface area (Å²) in [5, 5.41) is 0. The fourth-order valence-corrected chi connectivity index (χ4v) is 0.510. The first-order valence-electron chi connectivity index (χ1n) is 3.58. The number of rotatable bonds is 6. The average molecular weight is 128 g/mol. The zero-order valence-electron chi connectivity index (χ0n) is 6.07. The van der Waals surface area contributed by atoms with Crippen LogP contribution < -0.4 is 0 Å². The van der Waals surface area contributed by atoms with E-state index in [0.717, 1.165) is 38.9 Å². The molecule has 0 aliphatic heterocycles. The lowest BCUT2D eigenvalue weighted by Crippen LogP contribution is -1.95. The van der Waals surface area contributed by atoms with Gasteiger partial charge in [0.05, 0.1) is 0 Å². The van der Waals surface area contributed by atoms with Gasteiger partial charge in [-0.15, -0.1) is 0 Å². The van der Waals surface area contributed by atoms with Crippen LogP contribution in [0, 0.1) is 13.8 Å². The SMILES string of the molecule is [CH2]CCCOCCC[CH2]. The number of ether oxygens (including phenoxy) is 1. The third kappa shape index (κ3) is 7.96. The van der Waals surface area contributed by atoms with Crippen LogP contribution in [0.25, 0.3) is 0 Å². The van der Waals surface area contributed by atoms with Crippen LogP contribution in [0.5, 0.6) is 0 Å². The van der Waals surface area contributed by atoms with E-state index in [1.807, 2.05) is 0 Å². The fourth-order valence-electron chi connectivity index (χ4n) is 0.510. The Morgan fingerprint density at radius 1 is 0.889 bits per heavy atom. The average Bonchev–Trinajstić information content (AvgIpc) is 1.89. The molecule has 54 valence electrons. The quantitative estimate of drug-likeness (QED) is 0.498. The molecule has 0 N–H and O–H groups in total. The molecule has 1 heteroatoms. The van der Waals surface area contributed by atoms with Gasteiger partial charge in [-0.25, -0.2) is 0 Å². The molecule has 0 atom stereocenters. The van der Waals surface area contributed by atoms with Crippen molar-refractivity contribution in [1.82, 2.24) is 0 Å². The molecule has 0 saturated heterocycles. The molecule has 0 unspecified atom stereocenters. The van der Waals surface area contributed by atoms with Crippen LogP contribution in [0.3, 0.4) is 0 Å². The Balaban J connectivity index is 2.60. The Hall–Kier alpha value is -0.0400. The van der Waals surface area contributed by atoms with E-state index in [1.54, 1.807) is 0 Å². The molecular formula is C8H16O. The Kier molecular flexibility index (Phi) is 7.92. The second-order valence-corrected chi connectivity index (χ2v) is 2.03. The first kappa shape index (κ1) is 8.96. The summed E-state index contributed by atoms with van der Waals surface area (Å²) in [4.78, 5) is 0. The summed E-state index contributed by atoms with van der Waals surface area (Å²) in [6, 6.07) is 0. The van der Waals surface area contributed by atoms with Gasteiger partial charge < -0.3 is 4.74 Å². The molecule has 2 radical (unpaired) electrons. The highest BCUT2D eigenvalue weighted by Gasteiger charge is 1.84. The topological polar surface area (TPSA) is 9.23 Å². The van der Waals surface area contributed by atoms with E-state index in [4.69, 9.17) is 4.74 Å². The normalized spacial score (nSPS) is 10.0. The first-order chi connectivity index (χ1) is 4.41. The molecule has 0 rings (SSSR count). The van der Waals surface area contributed by atoms with Crippen LogP contribution >= 0.6 is 0 Å². The summed E-state index contributed by atoms with van der Waals surface area (Å²) in [7, 11) is 0. The van der Waals surface area contributed by atoms with Crippen molar-refractivity contribution in [1.29, 1.82) is 0 Å². The van der Waals surface area contributed by atoms with Gasteiger partial charge in [-0.2, -0.15) is 0 Å². The highest BCUT2D eigenvalue weighted by Crippen LogP contribution is 1.90. The molecule has 0 aliphatic carbocycles. The van der Waals surface area contributed by atoms with Crippen LogP contribution in [-0.2, 0) is 4.74 Å². The van der Waals surface area contributed by atoms with E-state index in [-0.39, 0.29) is 0 Å². The van der Waals surface area contributed by atoms with Crippen molar-refractivity contribution in [3.63, 3.8) is 0 Å². The second-order valence-electron chi connectivity index (χ2n) is 2.03. The Bertz CT molecular complexity index is 37.8. The standard InChI is InChI=1S/C8H16O/c1-3-5-7-9-8-6-4-2/h1-8H2. The molecule has 0 aromatic rings. The summed E-state index contributed by atoms with van der Waals surface area (Å²) in [5.41, 5.74) is 0. The number of unbranched alkanes of at least 4 members (excludes halogenated alkanes) is 2. The van der Waals surface area contributed by atoms with Gasteiger partial charge in [-0.1, -0.05) is 26.7 Å². The molecule has 0 bridgehead atoms. The predicted octanol–water partition coefficient (Wildman–Crippen LogP) is 2.23. The van der Waals surface area contributed by atoms with Crippen molar-refractivity contribution < 1.29 is 4.74 Å². The van der Waals surface area contributed by atoms with E-state index in [0.29, 0.717) is 0 Å². The monoisotopic (exact) mass is 128 g/mol. The van der Waals surface area contributed by atoms with Crippen molar-refractivity contribution in [3.05, 3.63) is 13.8 Å². The van der Waals surface area contributed by atoms with Gasteiger partial charge in [-0.05, 0) is 12.8 Å². The zero-order chi connectivity index (χ0) is 6.95. The molecule has 1 nitrogen and oxygen atoms in total. The van der Waals surface area contributed by atoms with Crippen molar-refractivity contribution >= 4 is 0 Å². The largest absolute Gasteiger partial charge is 0.381 e. The number of hydrogen-bond acceptors (Lipinski definition) is 1. The third-order valence-electron chi connectivity index (χ3n) is 1.08. The van der Waals surface area contributed by atoms with Gasteiger partial charge in [0.2, 0.25) is 0 Å². The Morgan fingerprint density at radius 3 is 1.67 bits per heavy atom. The van der Waals surface area contributed by atoms with Crippen LogP contribution in [0.1, 0.15) is 25.7 Å². The van der Waals surface area contributed by atoms with E-state index < -0.39 is 0 Å². The minimum absolute atomic E-state index is 0.865. The molecular weight excluding hydrogens is 112 g/mol. The van der Waals surface area contributed by atoms with Crippen molar-refractivity contribution in [2.45, 2.75) is 25.7 Å². The summed E-state index contributed by atoms with van der Waals surface area (Å²) < 4.78 is 5.23. The highest BCUT2D eigenvalue weighted by atomic mass is 16.5. The van der Waals surface area contributed by atoms with Gasteiger partial charge in [0.25, 0.3) is 0 Å². The van der Waals surface area contributed by atoms with E-state index in [9.17, 15) is 0 Å². The molecule has 0 heterocycles. The molecule has 0 spiro atoms. The molecule has 0 fully saturated rings. The highest BCUT2D eigenvalue weighted by molar-refractivity contribution is 4.41. The zero-order valence-corrected chi connectivity index (χ0v) is 6.07. The smallest absolute Gasteiger partial charge is 0.0466 e. The lowest BCUT2D eigenvalue weighted by molar-refractivity contribution is 0.130. The molecule has 0 saturated carbocycles. The maximum Gasteiger partial charge on any atom is 0.0466 e. The minimum Gasteiger partial charge on any atom is -0.381 e. The van der Waals surface area contributed by atoms with Crippen LogP contribution in [0.2, 0.25) is 0 Å². The van der Waals surface area contributed by atoms with Crippen molar-refractivity contribution in [3.8, 4) is 0 Å². The Morgan fingerprint density at radius 2 is 1.33 bits per heavy atom. The van der Waals surface area contributed by atoms with E-state index in [1.165, 1.54) is 0 Å². The summed E-state index contributed by atoms with van der Waals surface area (Å²) >= 11 is 0. The maximum absolute atomic E-state index is 5.23. The molecule has 0 amide bonds. The first-order valence-corrected chi connectivity index (χ1v) is 3.58. The van der Waals surface area contributed by atoms with Gasteiger partial charge in [-0.3, -0.25) is 0 Å². The molecule has 0 aliphatic rings.